The smallest absolute Gasteiger partial charge is 0.0576 e. The second-order valence-electron chi connectivity index (χ2n) is 4.57. The van der Waals surface area contributed by atoms with E-state index in [1.807, 2.05) is 0 Å². The number of nitrogens with two attached hydrogens (primary N) is 1. The van der Waals surface area contributed by atoms with Gasteiger partial charge in [-0.25, -0.2) is 0 Å². The highest BCUT2D eigenvalue weighted by atomic mass is 16.5. The molecular formula is C11H21NO. The zero-order valence-corrected chi connectivity index (χ0v) is 8.37. The SMILES string of the molecule is NC1CCCC1CCC1CCCO1. The first-order chi connectivity index (χ1) is 6.36. The van der Waals surface area contributed by atoms with Crippen molar-refractivity contribution in [1.29, 1.82) is 0 Å². The third kappa shape index (κ3) is 2.44. The van der Waals surface area contributed by atoms with Gasteiger partial charge in [0, 0.05) is 12.6 Å². The molecule has 0 aromatic heterocycles. The molecule has 0 aromatic carbocycles. The molecule has 0 amide bonds. The van der Waals surface area contributed by atoms with Gasteiger partial charge in [-0.05, 0) is 44.4 Å². The molecule has 0 aromatic rings. The Bertz CT molecular complexity index is 154. The molecule has 2 aliphatic rings. The fraction of sp³-hybridized carbons (Fsp3) is 1.00. The summed E-state index contributed by atoms with van der Waals surface area (Å²) in [6.07, 6.45) is 9.60. The highest BCUT2D eigenvalue weighted by molar-refractivity contribution is 4.81. The van der Waals surface area contributed by atoms with Crippen LogP contribution in [-0.4, -0.2) is 18.8 Å². The molecule has 1 heterocycles. The lowest BCUT2D eigenvalue weighted by Crippen LogP contribution is -2.25. The van der Waals surface area contributed by atoms with E-state index >= 15 is 0 Å². The average molecular weight is 183 g/mol. The molecule has 2 nitrogen and oxygen atoms in total. The van der Waals surface area contributed by atoms with Crippen LogP contribution in [0.2, 0.25) is 0 Å². The fourth-order valence-corrected chi connectivity index (χ4v) is 2.70. The van der Waals surface area contributed by atoms with E-state index in [4.69, 9.17) is 10.5 Å². The lowest BCUT2D eigenvalue weighted by Gasteiger charge is -2.17. The van der Waals surface area contributed by atoms with Gasteiger partial charge in [0.1, 0.15) is 0 Å². The number of rotatable bonds is 3. The maximum absolute atomic E-state index is 6.02. The van der Waals surface area contributed by atoms with Crippen LogP contribution in [0, 0.1) is 5.92 Å². The first-order valence-electron chi connectivity index (χ1n) is 5.73. The van der Waals surface area contributed by atoms with Crippen LogP contribution < -0.4 is 5.73 Å². The lowest BCUT2D eigenvalue weighted by molar-refractivity contribution is 0.0976. The summed E-state index contributed by atoms with van der Waals surface area (Å²) < 4.78 is 5.61. The van der Waals surface area contributed by atoms with Gasteiger partial charge in [0.05, 0.1) is 6.10 Å². The van der Waals surface area contributed by atoms with Gasteiger partial charge in [0.15, 0.2) is 0 Å². The van der Waals surface area contributed by atoms with E-state index in [9.17, 15) is 0 Å². The van der Waals surface area contributed by atoms with Crippen LogP contribution >= 0.6 is 0 Å². The molecule has 0 spiro atoms. The highest BCUT2D eigenvalue weighted by Crippen LogP contribution is 2.30. The molecule has 0 radical (unpaired) electrons. The summed E-state index contributed by atoms with van der Waals surface area (Å²) in [5.41, 5.74) is 6.02. The zero-order valence-electron chi connectivity index (χ0n) is 8.37. The van der Waals surface area contributed by atoms with E-state index in [1.54, 1.807) is 0 Å². The molecule has 2 fully saturated rings. The Hall–Kier alpha value is -0.0800. The minimum absolute atomic E-state index is 0.487. The molecule has 2 rings (SSSR count). The van der Waals surface area contributed by atoms with Gasteiger partial charge in [0.2, 0.25) is 0 Å². The molecule has 3 atom stereocenters. The van der Waals surface area contributed by atoms with E-state index in [2.05, 4.69) is 0 Å². The van der Waals surface area contributed by atoms with E-state index in [0.29, 0.717) is 12.1 Å². The van der Waals surface area contributed by atoms with Gasteiger partial charge in [-0.15, -0.1) is 0 Å². The fourth-order valence-electron chi connectivity index (χ4n) is 2.70. The Morgan fingerprint density at radius 2 is 2.00 bits per heavy atom. The molecule has 2 N–H and O–H groups in total. The monoisotopic (exact) mass is 183 g/mol. The summed E-state index contributed by atoms with van der Waals surface area (Å²) in [6.45, 7) is 0.987. The summed E-state index contributed by atoms with van der Waals surface area (Å²) in [5.74, 6) is 0.796. The van der Waals surface area contributed by atoms with Crippen molar-refractivity contribution in [1.82, 2.24) is 0 Å². The maximum Gasteiger partial charge on any atom is 0.0576 e. The van der Waals surface area contributed by atoms with Crippen LogP contribution in [-0.2, 0) is 4.74 Å². The van der Waals surface area contributed by atoms with Crippen molar-refractivity contribution < 1.29 is 4.74 Å². The van der Waals surface area contributed by atoms with Gasteiger partial charge in [0.25, 0.3) is 0 Å². The van der Waals surface area contributed by atoms with Crippen LogP contribution in [0.5, 0.6) is 0 Å². The topological polar surface area (TPSA) is 35.2 Å². The van der Waals surface area contributed by atoms with Crippen LogP contribution in [0.4, 0.5) is 0 Å². The van der Waals surface area contributed by atoms with Crippen LogP contribution in [0.1, 0.15) is 44.9 Å². The van der Waals surface area contributed by atoms with Gasteiger partial charge in [-0.2, -0.15) is 0 Å². The minimum Gasteiger partial charge on any atom is -0.378 e. The first kappa shape index (κ1) is 9.47. The Morgan fingerprint density at radius 3 is 2.62 bits per heavy atom. The standard InChI is InChI=1S/C11H21NO/c12-11-5-1-3-9(11)6-7-10-4-2-8-13-10/h9-11H,1-8,12H2. The summed E-state index contributed by atoms with van der Waals surface area (Å²) in [5, 5.41) is 0. The molecular weight excluding hydrogens is 162 g/mol. The maximum atomic E-state index is 6.02. The molecule has 13 heavy (non-hydrogen) atoms. The number of hydrogen-bond donors (Lipinski definition) is 1. The van der Waals surface area contributed by atoms with Gasteiger partial charge in [-0.1, -0.05) is 6.42 Å². The Morgan fingerprint density at radius 1 is 1.08 bits per heavy atom. The third-order valence-electron chi connectivity index (χ3n) is 3.60. The second-order valence-corrected chi connectivity index (χ2v) is 4.57. The van der Waals surface area contributed by atoms with Crippen molar-refractivity contribution >= 4 is 0 Å². The summed E-state index contributed by atoms with van der Waals surface area (Å²) in [7, 11) is 0. The minimum atomic E-state index is 0.487. The lowest BCUT2D eigenvalue weighted by atomic mass is 9.96. The molecule has 1 aliphatic carbocycles. The molecule has 1 saturated carbocycles. The molecule has 0 bridgehead atoms. The number of hydrogen-bond acceptors (Lipinski definition) is 2. The summed E-state index contributed by atoms with van der Waals surface area (Å²) in [6, 6.07) is 0.487. The van der Waals surface area contributed by atoms with Crippen molar-refractivity contribution in [2.75, 3.05) is 6.61 Å². The Labute approximate surface area is 80.8 Å². The van der Waals surface area contributed by atoms with Crippen LogP contribution in [0.15, 0.2) is 0 Å². The predicted molar refractivity (Wildman–Crippen MR) is 53.5 cm³/mol. The molecule has 1 saturated heterocycles. The van der Waals surface area contributed by atoms with E-state index < -0.39 is 0 Å². The Kier molecular flexibility index (Phi) is 3.23. The van der Waals surface area contributed by atoms with Crippen molar-refractivity contribution in [3.8, 4) is 0 Å². The quantitative estimate of drug-likeness (QED) is 0.727. The Balaban J connectivity index is 1.66. The molecule has 2 heteroatoms. The largest absolute Gasteiger partial charge is 0.378 e. The van der Waals surface area contributed by atoms with Crippen molar-refractivity contribution in [2.45, 2.75) is 57.1 Å². The van der Waals surface area contributed by atoms with Crippen molar-refractivity contribution in [3.05, 3.63) is 0 Å². The summed E-state index contributed by atoms with van der Waals surface area (Å²) >= 11 is 0. The van der Waals surface area contributed by atoms with Crippen molar-refractivity contribution in [3.63, 3.8) is 0 Å². The normalized spacial score (nSPS) is 39.9. The van der Waals surface area contributed by atoms with E-state index in [0.717, 1.165) is 12.5 Å². The van der Waals surface area contributed by atoms with Crippen molar-refractivity contribution in [2.24, 2.45) is 11.7 Å². The van der Waals surface area contributed by atoms with E-state index in [-0.39, 0.29) is 0 Å². The predicted octanol–water partition coefficient (Wildman–Crippen LogP) is 2.07. The summed E-state index contributed by atoms with van der Waals surface area (Å²) in [4.78, 5) is 0. The van der Waals surface area contributed by atoms with Crippen LogP contribution in [0.3, 0.4) is 0 Å². The van der Waals surface area contributed by atoms with E-state index in [1.165, 1.54) is 44.9 Å². The van der Waals surface area contributed by atoms with Gasteiger partial charge < -0.3 is 10.5 Å². The second kappa shape index (κ2) is 4.43. The first-order valence-corrected chi connectivity index (χ1v) is 5.73. The zero-order chi connectivity index (χ0) is 9.10. The van der Waals surface area contributed by atoms with Gasteiger partial charge >= 0.3 is 0 Å². The van der Waals surface area contributed by atoms with Crippen LogP contribution in [0.25, 0.3) is 0 Å². The highest BCUT2D eigenvalue weighted by Gasteiger charge is 2.25. The third-order valence-corrected chi connectivity index (χ3v) is 3.60. The molecule has 76 valence electrons. The van der Waals surface area contributed by atoms with Gasteiger partial charge in [-0.3, -0.25) is 0 Å². The number of ether oxygens (including phenoxy) is 1. The molecule has 1 aliphatic heterocycles. The average Bonchev–Trinajstić information content (AvgIpc) is 2.72. The molecule has 3 unspecified atom stereocenters.